The van der Waals surface area contributed by atoms with Gasteiger partial charge in [-0.3, -0.25) is 4.90 Å². The fourth-order valence-electron chi connectivity index (χ4n) is 5.65. The number of benzene rings is 4. The van der Waals surface area contributed by atoms with E-state index in [2.05, 4.69) is 95.6 Å². The van der Waals surface area contributed by atoms with Crippen molar-refractivity contribution >= 4 is 23.2 Å². The summed E-state index contributed by atoms with van der Waals surface area (Å²) in [5.74, 6) is 2.58. The number of nitrogens with zero attached hydrogens (tertiary/aromatic N) is 5. The van der Waals surface area contributed by atoms with Gasteiger partial charge in [0.05, 0.1) is 42.5 Å². The van der Waals surface area contributed by atoms with Crippen molar-refractivity contribution in [1.29, 1.82) is 0 Å². The lowest BCUT2D eigenvalue weighted by Gasteiger charge is -2.35. The van der Waals surface area contributed by atoms with Crippen LogP contribution in [0.2, 0.25) is 0 Å². The summed E-state index contributed by atoms with van der Waals surface area (Å²) in [7, 11) is 1.73. The number of aliphatic imine (C=N–C) groups is 1. The maximum Gasteiger partial charge on any atom is 0.213 e. The van der Waals surface area contributed by atoms with Gasteiger partial charge in [-0.15, -0.1) is 0 Å². The molecule has 0 unspecified atom stereocenters. The van der Waals surface area contributed by atoms with Crippen molar-refractivity contribution in [3.63, 3.8) is 0 Å². The van der Waals surface area contributed by atoms with Gasteiger partial charge in [-0.2, -0.15) is 10.1 Å². The van der Waals surface area contributed by atoms with E-state index in [9.17, 15) is 0 Å². The lowest BCUT2D eigenvalue weighted by Crippen LogP contribution is -2.43. The molecule has 0 N–H and O–H groups in total. The van der Waals surface area contributed by atoms with Gasteiger partial charge in [0.25, 0.3) is 0 Å². The number of para-hydroxylation sites is 4. The van der Waals surface area contributed by atoms with Crippen LogP contribution in [0, 0.1) is 6.92 Å². The van der Waals surface area contributed by atoms with Crippen LogP contribution in [0.15, 0.2) is 114 Å². The molecule has 186 valence electrons. The summed E-state index contributed by atoms with van der Waals surface area (Å²) in [6.07, 6.45) is 0. The summed E-state index contributed by atoms with van der Waals surface area (Å²) in [5.41, 5.74) is 7.57. The number of fused-ring (bicyclic) bond motifs is 4. The number of rotatable bonds is 5. The monoisotopic (exact) mass is 497 g/mol. The van der Waals surface area contributed by atoms with Gasteiger partial charge in [-0.25, -0.2) is 4.68 Å². The Labute approximate surface area is 222 Å². The molecule has 38 heavy (non-hydrogen) atoms. The van der Waals surface area contributed by atoms with E-state index in [1.165, 1.54) is 5.56 Å². The topological polar surface area (TPSA) is 45.9 Å². The second-order valence-electron chi connectivity index (χ2n) is 9.56. The summed E-state index contributed by atoms with van der Waals surface area (Å²) < 4.78 is 7.87. The fourth-order valence-corrected chi connectivity index (χ4v) is 5.65. The van der Waals surface area contributed by atoms with Gasteiger partial charge >= 0.3 is 0 Å². The molecule has 1 aromatic heterocycles. The Morgan fingerprint density at radius 3 is 2.18 bits per heavy atom. The molecule has 0 bridgehead atoms. The molecule has 2 aliphatic heterocycles. The summed E-state index contributed by atoms with van der Waals surface area (Å²) >= 11 is 0. The molecule has 7 rings (SSSR count). The Kier molecular flexibility index (Phi) is 5.25. The molecule has 0 spiro atoms. The van der Waals surface area contributed by atoms with Crippen LogP contribution in [0.1, 0.15) is 28.4 Å². The zero-order chi connectivity index (χ0) is 25.6. The van der Waals surface area contributed by atoms with Crippen molar-refractivity contribution in [2.75, 3.05) is 16.9 Å². The zero-order valence-electron chi connectivity index (χ0n) is 21.3. The Morgan fingerprint density at radius 2 is 1.42 bits per heavy atom. The smallest absolute Gasteiger partial charge is 0.213 e. The minimum Gasteiger partial charge on any atom is -0.496 e. The van der Waals surface area contributed by atoms with E-state index in [1.54, 1.807) is 7.11 Å². The third kappa shape index (κ3) is 3.41. The lowest BCUT2D eigenvalue weighted by molar-refractivity contribution is 0.407. The van der Waals surface area contributed by atoms with Gasteiger partial charge in [0, 0.05) is 11.1 Å². The van der Waals surface area contributed by atoms with Gasteiger partial charge in [0.15, 0.2) is 5.82 Å². The predicted molar refractivity (Wildman–Crippen MR) is 152 cm³/mol. The van der Waals surface area contributed by atoms with Crippen molar-refractivity contribution in [3.8, 4) is 11.4 Å². The number of hydrogen-bond acceptors (Lipinski definition) is 5. The highest BCUT2D eigenvalue weighted by molar-refractivity contribution is 6.18. The molecule has 6 heteroatoms. The number of anilines is 2. The summed E-state index contributed by atoms with van der Waals surface area (Å²) in [5, 5.41) is 5.01. The van der Waals surface area contributed by atoms with Crippen molar-refractivity contribution < 1.29 is 4.74 Å². The van der Waals surface area contributed by atoms with Crippen LogP contribution in [0.3, 0.4) is 0 Å². The lowest BCUT2D eigenvalue weighted by atomic mass is 9.94. The molecule has 5 aromatic rings. The van der Waals surface area contributed by atoms with E-state index in [4.69, 9.17) is 14.8 Å². The van der Waals surface area contributed by atoms with Gasteiger partial charge in [0.2, 0.25) is 5.96 Å². The molecule has 2 aliphatic rings. The molecule has 0 saturated carbocycles. The number of hydrogen-bond donors (Lipinski definition) is 0. The van der Waals surface area contributed by atoms with Crippen LogP contribution in [0.5, 0.6) is 5.75 Å². The molecule has 0 amide bonds. The minimum absolute atomic E-state index is 0.159. The molecule has 0 fully saturated rings. The number of methoxy groups -OCH3 is 1. The van der Waals surface area contributed by atoms with E-state index in [-0.39, 0.29) is 6.04 Å². The molecule has 4 aromatic carbocycles. The Bertz CT molecular complexity index is 1660. The first-order valence-corrected chi connectivity index (χ1v) is 12.8. The van der Waals surface area contributed by atoms with E-state index in [0.29, 0.717) is 6.54 Å². The van der Waals surface area contributed by atoms with Crippen LogP contribution in [0.25, 0.3) is 5.69 Å². The van der Waals surface area contributed by atoms with Crippen molar-refractivity contribution in [3.05, 3.63) is 132 Å². The third-order valence-corrected chi connectivity index (χ3v) is 7.33. The normalized spacial score (nSPS) is 15.5. The van der Waals surface area contributed by atoms with Crippen LogP contribution in [-0.4, -0.2) is 22.8 Å². The van der Waals surface area contributed by atoms with E-state index in [0.717, 1.165) is 51.4 Å². The highest BCUT2D eigenvalue weighted by Crippen LogP contribution is 2.52. The first kappa shape index (κ1) is 22.4. The Morgan fingerprint density at radius 1 is 0.763 bits per heavy atom. The van der Waals surface area contributed by atoms with Crippen molar-refractivity contribution in [1.82, 2.24) is 9.78 Å². The Balaban J connectivity index is 1.50. The van der Waals surface area contributed by atoms with Gasteiger partial charge < -0.3 is 9.64 Å². The predicted octanol–water partition coefficient (Wildman–Crippen LogP) is 6.81. The number of ether oxygens (including phenoxy) is 1. The SMILES string of the molecule is COc1ccccc1[C@H]1c2c(C)nn(-c3ccccc3)c2N=C2N(Cc3ccccc3)c3ccccc3N21. The molecular formula is C32H27N5O. The highest BCUT2D eigenvalue weighted by atomic mass is 16.5. The molecular weight excluding hydrogens is 470 g/mol. The highest BCUT2D eigenvalue weighted by Gasteiger charge is 2.45. The quantitative estimate of drug-likeness (QED) is 0.268. The third-order valence-electron chi connectivity index (χ3n) is 7.33. The average molecular weight is 498 g/mol. The molecule has 0 saturated heterocycles. The van der Waals surface area contributed by atoms with Crippen LogP contribution >= 0.6 is 0 Å². The average Bonchev–Trinajstić information content (AvgIpc) is 3.47. The van der Waals surface area contributed by atoms with Crippen LogP contribution < -0.4 is 14.5 Å². The van der Waals surface area contributed by atoms with E-state index in [1.807, 2.05) is 35.0 Å². The maximum atomic E-state index is 5.90. The summed E-state index contributed by atoms with van der Waals surface area (Å²) in [6, 6.07) is 37.4. The van der Waals surface area contributed by atoms with Crippen LogP contribution in [0.4, 0.5) is 17.2 Å². The maximum absolute atomic E-state index is 5.90. The van der Waals surface area contributed by atoms with Crippen molar-refractivity contribution in [2.45, 2.75) is 19.5 Å². The summed E-state index contributed by atoms with van der Waals surface area (Å²) in [4.78, 5) is 10.0. The zero-order valence-corrected chi connectivity index (χ0v) is 21.3. The first-order valence-electron chi connectivity index (χ1n) is 12.8. The van der Waals surface area contributed by atoms with E-state index >= 15 is 0 Å². The standard InChI is InChI=1S/C32H27N5O/c1-22-29-30(25-17-9-12-20-28(25)38-2)36-27-19-11-10-18-26(27)35(21-23-13-5-3-6-14-23)32(36)33-31(29)37(34-22)24-15-7-4-8-16-24/h3-20,30H,21H2,1-2H3/t30-/m0/s1. The number of aryl methyl sites for hydroxylation is 1. The molecule has 1 atom stereocenters. The van der Waals surface area contributed by atoms with E-state index < -0.39 is 0 Å². The number of guanidine groups is 1. The molecule has 0 aliphatic carbocycles. The second-order valence-corrected chi connectivity index (χ2v) is 9.56. The van der Waals surface area contributed by atoms with Gasteiger partial charge in [-0.05, 0) is 42.8 Å². The minimum atomic E-state index is -0.159. The first-order chi connectivity index (χ1) is 18.7. The van der Waals surface area contributed by atoms with Gasteiger partial charge in [-0.1, -0.05) is 78.9 Å². The fraction of sp³-hybridized carbons (Fsp3) is 0.125. The van der Waals surface area contributed by atoms with Gasteiger partial charge in [0.1, 0.15) is 5.75 Å². The molecule has 0 radical (unpaired) electrons. The number of aromatic nitrogens is 2. The Hall–Kier alpha value is -4.84. The largest absolute Gasteiger partial charge is 0.496 e. The molecule has 3 heterocycles. The summed E-state index contributed by atoms with van der Waals surface area (Å²) in [6.45, 7) is 2.78. The second kappa shape index (κ2) is 8.92. The van der Waals surface area contributed by atoms with Crippen LogP contribution in [-0.2, 0) is 6.54 Å². The van der Waals surface area contributed by atoms with Crippen molar-refractivity contribution in [2.24, 2.45) is 4.99 Å². The molecule has 6 nitrogen and oxygen atoms in total.